The minimum Gasteiger partial charge on any atom is -0.390 e. The Morgan fingerprint density at radius 1 is 1.08 bits per heavy atom. The molecule has 0 radical (unpaired) electrons. The van der Waals surface area contributed by atoms with Crippen LogP contribution in [0, 0.1) is 0 Å². The highest BCUT2D eigenvalue weighted by Crippen LogP contribution is 2.52. The summed E-state index contributed by atoms with van der Waals surface area (Å²) in [5.74, 6) is 0.0500. The fraction of sp³-hybridized carbons (Fsp3) is 0.500. The topological polar surface area (TPSA) is 110 Å². The molecule has 0 bridgehead atoms. The molecule has 1 aliphatic heterocycles. The summed E-state index contributed by atoms with van der Waals surface area (Å²) in [6, 6.07) is 15.4. The second kappa shape index (κ2) is 12.3. The molecule has 1 amide bonds. The van der Waals surface area contributed by atoms with Crippen molar-refractivity contribution in [2.24, 2.45) is 0 Å². The van der Waals surface area contributed by atoms with Gasteiger partial charge in [-0.2, -0.15) is 0 Å². The summed E-state index contributed by atoms with van der Waals surface area (Å²) >= 11 is 0. The highest BCUT2D eigenvalue weighted by Gasteiger charge is 2.32. The molecule has 3 aromatic rings. The molecule has 2 aromatic carbocycles. The summed E-state index contributed by atoms with van der Waals surface area (Å²) in [5, 5.41) is 18.8. The van der Waals surface area contributed by atoms with Gasteiger partial charge in [0.2, 0.25) is 0 Å². The maximum absolute atomic E-state index is 13.8. The third-order valence-electron chi connectivity index (χ3n) is 8.17. The number of aliphatic hydroxyl groups is 1. The van der Waals surface area contributed by atoms with Crippen molar-refractivity contribution in [2.75, 3.05) is 23.1 Å². The van der Waals surface area contributed by atoms with E-state index in [1.54, 1.807) is 10.4 Å². The molecule has 2 atom stereocenters. The van der Waals surface area contributed by atoms with Gasteiger partial charge in [-0.1, -0.05) is 49.6 Å². The van der Waals surface area contributed by atoms with Crippen molar-refractivity contribution in [3.63, 3.8) is 0 Å². The maximum atomic E-state index is 13.8. The van der Waals surface area contributed by atoms with E-state index < -0.39 is 22.9 Å². The summed E-state index contributed by atoms with van der Waals surface area (Å²) in [6.45, 7) is 3.72. The lowest BCUT2D eigenvalue weighted by Gasteiger charge is -2.38. The number of aromatic nitrogens is 1. The Hall–Kier alpha value is -2.56. The number of rotatable bonds is 10. The van der Waals surface area contributed by atoms with Gasteiger partial charge in [0.1, 0.15) is 0 Å². The van der Waals surface area contributed by atoms with Gasteiger partial charge in [-0.3, -0.25) is 18.2 Å². The van der Waals surface area contributed by atoms with Crippen LogP contribution < -0.4 is 14.9 Å². The largest absolute Gasteiger partial charge is 0.390 e. The van der Waals surface area contributed by atoms with Gasteiger partial charge >= 0.3 is 0 Å². The van der Waals surface area contributed by atoms with Crippen LogP contribution in [0.25, 0.3) is 10.9 Å². The average molecular weight is 555 g/mol. The molecule has 0 spiro atoms. The molecule has 1 saturated carbocycles. The van der Waals surface area contributed by atoms with Crippen molar-refractivity contribution in [1.82, 2.24) is 15.2 Å². The first-order valence-electron chi connectivity index (χ1n) is 14.3. The standard InChI is InChI=1S/C30H42N4O4S/c1-2-33-16-14-25-27(33)19-23(20-28(25)34-15-9-17-39(34,37)38)30(36)32-26(18-22-10-5-3-6-11-22)29(35)21-31-24-12-7-4-8-13-24/h3,5-6,10-11,14,16,19-20,24,26,29,31,35,37-38H,2,4,7-9,12-13,15,17-18,21H2,1H3,(H,32,36)/t26-,29+/m0/s1. The summed E-state index contributed by atoms with van der Waals surface area (Å²) in [4.78, 5) is 13.8. The SMILES string of the molecule is CCn1ccc2c(N3CCCS3(O)O)cc(C(=O)N[C@@H](Cc3ccccc3)[C@H](O)CNC3CCCCC3)cc21. The predicted molar refractivity (Wildman–Crippen MR) is 160 cm³/mol. The number of benzene rings is 2. The molecule has 0 unspecified atom stereocenters. The summed E-state index contributed by atoms with van der Waals surface area (Å²) in [6.07, 6.45) is 8.35. The lowest BCUT2D eigenvalue weighted by Crippen LogP contribution is -2.50. The van der Waals surface area contributed by atoms with Gasteiger partial charge in [-0.05, 0) is 56.4 Å². The summed E-state index contributed by atoms with van der Waals surface area (Å²) in [7, 11) is -2.92. The Morgan fingerprint density at radius 2 is 1.85 bits per heavy atom. The zero-order chi connectivity index (χ0) is 27.4. The highest BCUT2D eigenvalue weighted by molar-refractivity contribution is 8.25. The second-order valence-corrected chi connectivity index (χ2v) is 13.0. The molecule has 9 heteroatoms. The van der Waals surface area contributed by atoms with Crippen LogP contribution in [0.2, 0.25) is 0 Å². The molecule has 1 aromatic heterocycles. The maximum Gasteiger partial charge on any atom is 0.251 e. The Kier molecular flexibility index (Phi) is 8.83. The number of hydrogen-bond donors (Lipinski definition) is 5. The Bertz CT molecular complexity index is 1260. The van der Waals surface area contributed by atoms with Crippen molar-refractivity contribution in [3.05, 3.63) is 65.9 Å². The third kappa shape index (κ3) is 6.44. The average Bonchev–Trinajstić information content (AvgIpc) is 3.53. The summed E-state index contributed by atoms with van der Waals surface area (Å²) < 4.78 is 25.2. The third-order valence-corrected chi connectivity index (χ3v) is 10.1. The lowest BCUT2D eigenvalue weighted by atomic mass is 9.95. The minimum atomic E-state index is -2.92. The van der Waals surface area contributed by atoms with Crippen LogP contribution in [-0.2, 0) is 13.0 Å². The lowest BCUT2D eigenvalue weighted by molar-refractivity contribution is 0.0821. The number of carbonyl (C=O) groups excluding carboxylic acids is 1. The first-order valence-corrected chi connectivity index (χ1v) is 16.0. The van der Waals surface area contributed by atoms with Crippen LogP contribution >= 0.6 is 10.8 Å². The van der Waals surface area contributed by atoms with E-state index in [0.717, 1.165) is 35.9 Å². The van der Waals surface area contributed by atoms with Gasteiger partial charge in [0, 0.05) is 42.8 Å². The molecule has 39 heavy (non-hydrogen) atoms. The van der Waals surface area contributed by atoms with Gasteiger partial charge in [0.15, 0.2) is 0 Å². The van der Waals surface area contributed by atoms with E-state index in [-0.39, 0.29) is 5.91 Å². The number of anilines is 1. The summed E-state index contributed by atoms with van der Waals surface area (Å²) in [5.41, 5.74) is 3.03. The number of hydrogen-bond acceptors (Lipinski definition) is 6. The van der Waals surface area contributed by atoms with Crippen LogP contribution in [0.1, 0.15) is 61.4 Å². The van der Waals surface area contributed by atoms with E-state index in [4.69, 9.17) is 0 Å². The van der Waals surface area contributed by atoms with Crippen LogP contribution in [0.15, 0.2) is 54.7 Å². The molecular formula is C30H42N4O4S. The van der Waals surface area contributed by atoms with Crippen molar-refractivity contribution >= 4 is 33.3 Å². The van der Waals surface area contributed by atoms with Gasteiger partial charge < -0.3 is 20.3 Å². The van der Waals surface area contributed by atoms with E-state index in [9.17, 15) is 19.0 Å². The van der Waals surface area contributed by atoms with Crippen molar-refractivity contribution in [2.45, 2.75) is 76.6 Å². The van der Waals surface area contributed by atoms with Gasteiger partial charge in [0.25, 0.3) is 5.91 Å². The number of fused-ring (bicyclic) bond motifs is 1. The van der Waals surface area contributed by atoms with E-state index in [1.165, 1.54) is 19.3 Å². The first-order chi connectivity index (χ1) is 18.9. The van der Waals surface area contributed by atoms with Crippen molar-refractivity contribution in [3.8, 4) is 0 Å². The number of carbonyl (C=O) groups is 1. The fourth-order valence-corrected chi connectivity index (χ4v) is 7.59. The van der Waals surface area contributed by atoms with Gasteiger partial charge in [-0.25, -0.2) is 0 Å². The zero-order valence-electron chi connectivity index (χ0n) is 22.8. The van der Waals surface area contributed by atoms with Crippen molar-refractivity contribution in [1.29, 1.82) is 0 Å². The van der Waals surface area contributed by atoms with E-state index in [0.29, 0.717) is 49.0 Å². The molecule has 5 rings (SSSR count). The number of nitrogens with zero attached hydrogens (tertiary/aromatic N) is 2. The van der Waals surface area contributed by atoms with Crippen LogP contribution in [-0.4, -0.2) is 61.7 Å². The van der Waals surface area contributed by atoms with E-state index >= 15 is 0 Å². The Morgan fingerprint density at radius 3 is 2.54 bits per heavy atom. The zero-order valence-corrected chi connectivity index (χ0v) is 23.6. The van der Waals surface area contributed by atoms with Crippen molar-refractivity contribution < 1.29 is 19.0 Å². The second-order valence-electron chi connectivity index (χ2n) is 10.9. The predicted octanol–water partition coefficient (Wildman–Crippen LogP) is 5.16. The number of aryl methyl sites for hydroxylation is 1. The molecule has 1 saturated heterocycles. The molecule has 1 aliphatic carbocycles. The van der Waals surface area contributed by atoms with Crippen LogP contribution in [0.3, 0.4) is 0 Å². The molecule has 2 heterocycles. The quantitative estimate of drug-likeness (QED) is 0.237. The first kappa shape index (κ1) is 28.0. The molecule has 2 fully saturated rings. The number of nitrogens with one attached hydrogen (secondary N) is 2. The molecule has 2 aliphatic rings. The van der Waals surface area contributed by atoms with Crippen LogP contribution in [0.4, 0.5) is 5.69 Å². The van der Waals surface area contributed by atoms with E-state index in [1.807, 2.05) is 55.6 Å². The smallest absolute Gasteiger partial charge is 0.251 e. The monoisotopic (exact) mass is 554 g/mol. The van der Waals surface area contributed by atoms with Gasteiger partial charge in [-0.15, -0.1) is 10.8 Å². The van der Waals surface area contributed by atoms with Gasteiger partial charge in [0.05, 0.1) is 29.1 Å². The molecule has 212 valence electrons. The minimum absolute atomic E-state index is 0.282. The molecule has 8 nitrogen and oxygen atoms in total. The molecule has 5 N–H and O–H groups in total. The highest BCUT2D eigenvalue weighted by atomic mass is 32.3. The molecular weight excluding hydrogens is 512 g/mol. The number of aliphatic hydroxyl groups excluding tert-OH is 1. The van der Waals surface area contributed by atoms with Crippen LogP contribution in [0.5, 0.6) is 0 Å². The Balaban J connectivity index is 1.41. The fourth-order valence-electron chi connectivity index (χ4n) is 5.96. The normalized spacial score (nSPS) is 20.2. The number of amides is 1. The van der Waals surface area contributed by atoms with E-state index in [2.05, 4.69) is 15.2 Å². The Labute approximate surface area is 232 Å².